The number of nitrogens with zero attached hydrogens (tertiary/aromatic N) is 4. The van der Waals surface area contributed by atoms with Crippen molar-refractivity contribution in [3.05, 3.63) is 48.0 Å². The average Bonchev–Trinajstić information content (AvgIpc) is 3.34. The molecule has 1 saturated heterocycles. The summed E-state index contributed by atoms with van der Waals surface area (Å²) < 4.78 is 12.6. The van der Waals surface area contributed by atoms with Crippen LogP contribution in [0.4, 0.5) is 10.7 Å². The summed E-state index contributed by atoms with van der Waals surface area (Å²) in [6, 6.07) is 9.10. The van der Waals surface area contributed by atoms with Crippen LogP contribution in [0.5, 0.6) is 0 Å². The standard InChI is InChI=1S/C17H19N5O3/c1-24-11-12-7-8-14(25-12)13-5-4-10-21(13)17(23)18-16-20-19-15-6-2-3-9-22(15)16/h2-3,6-9,13H,4-5,10-11H2,1H3,(H,18,20,23). The Bertz CT molecular complexity index is 887. The number of carbonyl (C=O) groups is 1. The number of amides is 2. The minimum Gasteiger partial charge on any atom is -0.461 e. The van der Waals surface area contributed by atoms with E-state index >= 15 is 0 Å². The Labute approximate surface area is 144 Å². The number of furan rings is 1. The largest absolute Gasteiger partial charge is 0.461 e. The van der Waals surface area contributed by atoms with Crippen LogP contribution in [0.1, 0.15) is 30.4 Å². The van der Waals surface area contributed by atoms with E-state index in [1.54, 1.807) is 16.4 Å². The molecule has 1 fully saturated rings. The number of rotatable bonds is 4. The van der Waals surface area contributed by atoms with Crippen LogP contribution in [-0.4, -0.2) is 39.2 Å². The van der Waals surface area contributed by atoms with Gasteiger partial charge in [0.05, 0.1) is 6.04 Å². The molecule has 3 aromatic heterocycles. The average molecular weight is 341 g/mol. The Balaban J connectivity index is 1.52. The molecule has 0 aromatic carbocycles. The van der Waals surface area contributed by atoms with E-state index in [2.05, 4.69) is 15.5 Å². The number of aromatic nitrogens is 3. The second-order valence-corrected chi connectivity index (χ2v) is 5.97. The van der Waals surface area contributed by atoms with Crippen molar-refractivity contribution in [3.63, 3.8) is 0 Å². The van der Waals surface area contributed by atoms with Gasteiger partial charge in [-0.05, 0) is 37.1 Å². The van der Waals surface area contributed by atoms with E-state index in [4.69, 9.17) is 9.15 Å². The number of urea groups is 1. The van der Waals surface area contributed by atoms with Crippen molar-refractivity contribution >= 4 is 17.6 Å². The second-order valence-electron chi connectivity index (χ2n) is 5.97. The smallest absolute Gasteiger partial charge is 0.324 e. The van der Waals surface area contributed by atoms with Crippen molar-refractivity contribution in [1.29, 1.82) is 0 Å². The number of ether oxygens (including phenoxy) is 1. The van der Waals surface area contributed by atoms with Crippen molar-refractivity contribution in [2.75, 3.05) is 19.0 Å². The molecular weight excluding hydrogens is 322 g/mol. The van der Waals surface area contributed by atoms with Crippen LogP contribution in [0, 0.1) is 0 Å². The monoisotopic (exact) mass is 341 g/mol. The normalized spacial score (nSPS) is 17.3. The van der Waals surface area contributed by atoms with E-state index in [0.717, 1.165) is 24.4 Å². The Morgan fingerprint density at radius 1 is 1.36 bits per heavy atom. The van der Waals surface area contributed by atoms with Gasteiger partial charge in [-0.25, -0.2) is 4.79 Å². The summed E-state index contributed by atoms with van der Waals surface area (Å²) in [6.07, 6.45) is 3.61. The molecule has 130 valence electrons. The highest BCUT2D eigenvalue weighted by Gasteiger charge is 2.32. The van der Waals surface area contributed by atoms with E-state index in [1.165, 1.54) is 0 Å². The topological polar surface area (TPSA) is 84.9 Å². The maximum Gasteiger partial charge on any atom is 0.324 e. The van der Waals surface area contributed by atoms with Crippen molar-refractivity contribution in [2.45, 2.75) is 25.5 Å². The van der Waals surface area contributed by atoms with Crippen LogP contribution < -0.4 is 5.32 Å². The van der Waals surface area contributed by atoms with Crippen LogP contribution in [0.2, 0.25) is 0 Å². The minimum absolute atomic E-state index is 0.0789. The van der Waals surface area contributed by atoms with Gasteiger partial charge in [-0.1, -0.05) is 6.07 Å². The van der Waals surface area contributed by atoms with Gasteiger partial charge in [0.25, 0.3) is 0 Å². The lowest BCUT2D eigenvalue weighted by molar-refractivity contribution is 0.157. The first-order valence-corrected chi connectivity index (χ1v) is 8.21. The number of hydrogen-bond donors (Lipinski definition) is 1. The molecule has 0 bridgehead atoms. The first-order valence-electron chi connectivity index (χ1n) is 8.21. The zero-order valence-corrected chi connectivity index (χ0v) is 13.9. The zero-order chi connectivity index (χ0) is 17.2. The lowest BCUT2D eigenvalue weighted by Crippen LogP contribution is -2.34. The quantitative estimate of drug-likeness (QED) is 0.789. The van der Waals surface area contributed by atoms with Gasteiger partial charge in [-0.15, -0.1) is 10.2 Å². The molecule has 1 aliphatic heterocycles. The molecule has 0 aliphatic carbocycles. The van der Waals surface area contributed by atoms with Crippen molar-refractivity contribution in [1.82, 2.24) is 19.5 Å². The summed E-state index contributed by atoms with van der Waals surface area (Å²) in [5.41, 5.74) is 0.686. The third-order valence-corrected chi connectivity index (χ3v) is 4.34. The van der Waals surface area contributed by atoms with E-state index < -0.39 is 0 Å². The third-order valence-electron chi connectivity index (χ3n) is 4.34. The molecule has 2 amide bonds. The number of methoxy groups -OCH3 is 1. The summed E-state index contributed by atoms with van der Waals surface area (Å²) in [5, 5.41) is 10.9. The fourth-order valence-corrected chi connectivity index (χ4v) is 3.19. The number of carbonyl (C=O) groups excluding carboxylic acids is 1. The molecule has 8 heteroatoms. The van der Waals surface area contributed by atoms with Gasteiger partial charge >= 0.3 is 6.03 Å². The number of likely N-dealkylation sites (tertiary alicyclic amines) is 1. The van der Waals surface area contributed by atoms with Gasteiger partial charge in [-0.2, -0.15) is 0 Å². The Morgan fingerprint density at radius 2 is 2.28 bits per heavy atom. The predicted molar refractivity (Wildman–Crippen MR) is 90.1 cm³/mol. The Morgan fingerprint density at radius 3 is 3.16 bits per heavy atom. The number of pyridine rings is 1. The van der Waals surface area contributed by atoms with Crippen LogP contribution in [0.25, 0.3) is 5.65 Å². The van der Waals surface area contributed by atoms with Crippen LogP contribution in [0.3, 0.4) is 0 Å². The highest BCUT2D eigenvalue weighted by molar-refractivity contribution is 5.88. The van der Waals surface area contributed by atoms with Crippen LogP contribution in [-0.2, 0) is 11.3 Å². The fourth-order valence-electron chi connectivity index (χ4n) is 3.19. The van der Waals surface area contributed by atoms with Gasteiger partial charge in [0.1, 0.15) is 18.1 Å². The number of anilines is 1. The van der Waals surface area contributed by atoms with Gasteiger partial charge < -0.3 is 14.1 Å². The van der Waals surface area contributed by atoms with Gasteiger partial charge in [-0.3, -0.25) is 9.72 Å². The molecule has 8 nitrogen and oxygen atoms in total. The summed E-state index contributed by atoms with van der Waals surface area (Å²) in [7, 11) is 1.63. The summed E-state index contributed by atoms with van der Waals surface area (Å²) in [6.45, 7) is 1.10. The Hall–Kier alpha value is -2.87. The van der Waals surface area contributed by atoms with Crippen molar-refractivity contribution in [3.8, 4) is 0 Å². The number of nitrogens with one attached hydrogen (secondary N) is 1. The fraction of sp³-hybridized carbons (Fsp3) is 0.353. The van der Waals surface area contributed by atoms with Crippen LogP contribution >= 0.6 is 0 Å². The Kier molecular flexibility index (Phi) is 4.10. The maximum atomic E-state index is 12.7. The molecule has 0 saturated carbocycles. The minimum atomic E-state index is -0.203. The van der Waals surface area contributed by atoms with Crippen molar-refractivity contribution < 1.29 is 13.9 Å². The summed E-state index contributed by atoms with van der Waals surface area (Å²) >= 11 is 0. The van der Waals surface area contributed by atoms with Gasteiger partial charge in [0.15, 0.2) is 5.65 Å². The molecule has 1 N–H and O–H groups in total. The molecule has 1 atom stereocenters. The van der Waals surface area contributed by atoms with Gasteiger partial charge in [0, 0.05) is 19.9 Å². The van der Waals surface area contributed by atoms with E-state index in [0.29, 0.717) is 24.7 Å². The molecule has 25 heavy (non-hydrogen) atoms. The molecule has 4 rings (SSSR count). The van der Waals surface area contributed by atoms with E-state index in [-0.39, 0.29) is 12.1 Å². The highest BCUT2D eigenvalue weighted by atomic mass is 16.5. The number of hydrogen-bond acceptors (Lipinski definition) is 5. The lowest BCUT2D eigenvalue weighted by Gasteiger charge is -2.23. The SMILES string of the molecule is COCc1ccc(C2CCCN2C(=O)Nc2nnc3ccccn23)o1. The van der Waals surface area contributed by atoms with Crippen LogP contribution in [0.15, 0.2) is 40.9 Å². The predicted octanol–water partition coefficient (Wildman–Crippen LogP) is 2.84. The van der Waals surface area contributed by atoms with E-state index in [9.17, 15) is 4.79 Å². The third kappa shape index (κ3) is 2.96. The van der Waals surface area contributed by atoms with Crippen molar-refractivity contribution in [2.24, 2.45) is 0 Å². The zero-order valence-electron chi connectivity index (χ0n) is 13.9. The molecule has 3 aromatic rings. The number of fused-ring (bicyclic) bond motifs is 1. The van der Waals surface area contributed by atoms with Gasteiger partial charge in [0.2, 0.25) is 5.95 Å². The second kappa shape index (κ2) is 6.56. The molecule has 1 unspecified atom stereocenters. The van der Waals surface area contributed by atoms with E-state index in [1.807, 2.05) is 36.5 Å². The molecule has 0 radical (unpaired) electrons. The lowest BCUT2D eigenvalue weighted by atomic mass is 10.2. The first-order chi connectivity index (χ1) is 12.3. The molecule has 4 heterocycles. The molecule has 1 aliphatic rings. The summed E-state index contributed by atoms with van der Waals surface area (Å²) in [4.78, 5) is 14.5. The molecule has 0 spiro atoms. The maximum absolute atomic E-state index is 12.7. The molecular formula is C17H19N5O3. The summed E-state index contributed by atoms with van der Waals surface area (Å²) in [5.74, 6) is 1.95. The first kappa shape index (κ1) is 15.6. The highest BCUT2D eigenvalue weighted by Crippen LogP contribution is 2.33.